The molecule has 0 spiro atoms. The molecule has 0 bridgehead atoms. The van der Waals surface area contributed by atoms with Crippen LogP contribution in [0.4, 0.5) is 0 Å². The van der Waals surface area contributed by atoms with Crippen LogP contribution >= 0.6 is 0 Å². The number of ether oxygens (including phenoxy) is 1. The molecule has 1 aromatic heterocycles. The molecule has 0 fully saturated rings. The molecule has 0 atom stereocenters. The number of carbonyl (C=O) groups is 2. The summed E-state index contributed by atoms with van der Waals surface area (Å²) in [6.07, 6.45) is 10.1. The Hall–Kier alpha value is -3.14. The summed E-state index contributed by atoms with van der Waals surface area (Å²) < 4.78 is 35.9. The first kappa shape index (κ1) is 25.9. The van der Waals surface area contributed by atoms with Gasteiger partial charge in [0, 0.05) is 24.6 Å². The molecule has 0 saturated carbocycles. The summed E-state index contributed by atoms with van der Waals surface area (Å²) in [7, 11) is -1.30. The van der Waals surface area contributed by atoms with Crippen molar-refractivity contribution in [2.45, 2.75) is 6.92 Å². The lowest BCUT2D eigenvalue weighted by Crippen LogP contribution is -2.25. The van der Waals surface area contributed by atoms with Crippen LogP contribution in [-0.2, 0) is 31.2 Å². The fourth-order valence-corrected chi connectivity index (χ4v) is 1.62. The number of aldehydes is 1. The minimum Gasteiger partial charge on any atom is -0.435 e. The molecule has 29 heavy (non-hydrogen) atoms. The first-order valence-corrected chi connectivity index (χ1v) is 9.47. The van der Waals surface area contributed by atoms with Crippen LogP contribution in [0.2, 0.25) is 0 Å². The van der Waals surface area contributed by atoms with E-state index in [4.69, 9.17) is 4.55 Å². The van der Waals surface area contributed by atoms with Gasteiger partial charge in [-0.05, 0) is 11.1 Å². The summed E-state index contributed by atoms with van der Waals surface area (Å²) in [6.45, 7) is 4.48. The lowest BCUT2D eigenvalue weighted by atomic mass is 10.1. The Morgan fingerprint density at radius 1 is 1.03 bits per heavy atom. The van der Waals surface area contributed by atoms with E-state index in [9.17, 15) is 18.0 Å². The Labute approximate surface area is 170 Å². The molecule has 0 amide bonds. The smallest absolute Gasteiger partial charge is 0.397 e. The van der Waals surface area contributed by atoms with Crippen molar-refractivity contribution < 1.29 is 36.0 Å². The Balaban J connectivity index is 0.000000542. The summed E-state index contributed by atoms with van der Waals surface area (Å²) in [5.74, 6) is -0.329. The zero-order valence-electron chi connectivity index (χ0n) is 16.4. The van der Waals surface area contributed by atoms with Crippen molar-refractivity contribution >= 4 is 34.8 Å². The molecule has 8 nitrogen and oxygen atoms in total. The molecule has 0 radical (unpaired) electrons. The molecule has 0 unspecified atom stereocenters. The molecule has 2 aromatic rings. The number of carbonyl (C=O) groups excluding carboxylic acids is 2. The molecular weight excluding hydrogens is 398 g/mol. The highest BCUT2D eigenvalue weighted by Gasteiger charge is 1.94. The minimum absolute atomic E-state index is 0.329. The van der Waals surface area contributed by atoms with Gasteiger partial charge < -0.3 is 4.74 Å². The molecule has 0 aliphatic rings. The molecule has 9 heteroatoms. The predicted molar refractivity (Wildman–Crippen MR) is 109 cm³/mol. The van der Waals surface area contributed by atoms with Gasteiger partial charge in [-0.25, -0.2) is 4.57 Å². The monoisotopic (exact) mass is 422 g/mol. The molecule has 1 aromatic carbocycles. The van der Waals surface area contributed by atoms with Crippen LogP contribution in [0.15, 0.2) is 61.6 Å². The molecule has 0 saturated heterocycles. The summed E-state index contributed by atoms with van der Waals surface area (Å²) in [5, 5.41) is 0. The van der Waals surface area contributed by atoms with E-state index in [-0.39, 0.29) is 5.97 Å². The zero-order valence-corrected chi connectivity index (χ0v) is 17.2. The van der Waals surface area contributed by atoms with Crippen LogP contribution in [0.1, 0.15) is 28.4 Å². The Bertz CT molecular complexity index is 903. The summed E-state index contributed by atoms with van der Waals surface area (Å²) in [6, 6.07) is 11.6. The third-order valence-electron chi connectivity index (χ3n) is 3.00. The van der Waals surface area contributed by atoms with Gasteiger partial charge in [0.2, 0.25) is 0 Å². The van der Waals surface area contributed by atoms with Crippen LogP contribution in [0.25, 0.3) is 12.2 Å². The molecule has 0 aliphatic heterocycles. The number of aryl methyl sites for hydroxylation is 1. The number of rotatable bonds is 5. The van der Waals surface area contributed by atoms with E-state index in [0.717, 1.165) is 30.8 Å². The van der Waals surface area contributed by atoms with Crippen molar-refractivity contribution in [2.24, 2.45) is 7.05 Å². The van der Waals surface area contributed by atoms with E-state index in [2.05, 4.69) is 33.7 Å². The van der Waals surface area contributed by atoms with Gasteiger partial charge in [-0.1, -0.05) is 43.0 Å². The van der Waals surface area contributed by atoms with Gasteiger partial charge in [0.1, 0.15) is 13.3 Å². The van der Waals surface area contributed by atoms with Gasteiger partial charge >= 0.3 is 16.4 Å². The Kier molecular flexibility index (Phi) is 12.4. The van der Waals surface area contributed by atoms with Gasteiger partial charge in [-0.2, -0.15) is 8.42 Å². The first-order chi connectivity index (χ1) is 13.6. The topological polar surface area (TPSA) is 111 Å². The molecule has 0 aliphatic carbocycles. The second kappa shape index (κ2) is 13.9. The number of esters is 1. The number of benzene rings is 1. The van der Waals surface area contributed by atoms with Gasteiger partial charge in [0.25, 0.3) is 0 Å². The van der Waals surface area contributed by atoms with Crippen molar-refractivity contribution in [2.75, 3.05) is 7.11 Å². The average molecular weight is 422 g/mol. The van der Waals surface area contributed by atoms with Crippen LogP contribution in [0.3, 0.4) is 0 Å². The standard InChI is InChI=1S/C15H14NO.C4H6O2.CH4O4S/c1-16-10-8-14(9-11-16)3-2-13-4-6-15(12-17)7-5-13;1-3-6-4(2)5;1-5-6(2,3)4/h2-12H,1H3;3H,1H2,2H3;1H3,(H,2,3,4)/q+1;;. The van der Waals surface area contributed by atoms with Crippen molar-refractivity contribution in [3.63, 3.8) is 0 Å². The third kappa shape index (κ3) is 14.6. The number of pyridine rings is 1. The quantitative estimate of drug-likeness (QED) is 0.259. The maximum atomic E-state index is 10.5. The highest BCUT2D eigenvalue weighted by atomic mass is 32.3. The van der Waals surface area contributed by atoms with Gasteiger partial charge in [-0.15, -0.1) is 0 Å². The van der Waals surface area contributed by atoms with Gasteiger partial charge in [-0.3, -0.25) is 18.3 Å². The summed E-state index contributed by atoms with van der Waals surface area (Å²) in [4.78, 5) is 20.3. The van der Waals surface area contributed by atoms with Crippen LogP contribution < -0.4 is 4.57 Å². The maximum absolute atomic E-state index is 10.5. The minimum atomic E-state index is -4.16. The van der Waals surface area contributed by atoms with E-state index in [1.54, 1.807) is 0 Å². The maximum Gasteiger partial charge on any atom is 0.397 e. The van der Waals surface area contributed by atoms with Crippen LogP contribution in [-0.4, -0.2) is 32.3 Å². The highest BCUT2D eigenvalue weighted by Crippen LogP contribution is 2.08. The molecule has 1 heterocycles. The SMILES string of the molecule is C=COC(C)=O.COS(=O)(=O)O.C[n+]1ccc(C=Cc2ccc(C=O)cc2)cc1. The van der Waals surface area contributed by atoms with E-state index >= 15 is 0 Å². The molecular formula is C20H24NO7S+. The fourth-order valence-electron chi connectivity index (χ4n) is 1.62. The number of hydrogen-bond acceptors (Lipinski definition) is 6. The Morgan fingerprint density at radius 2 is 1.45 bits per heavy atom. The fraction of sp³-hybridized carbons (Fsp3) is 0.150. The van der Waals surface area contributed by atoms with Crippen molar-refractivity contribution in [1.82, 2.24) is 0 Å². The first-order valence-electron chi connectivity index (χ1n) is 8.11. The van der Waals surface area contributed by atoms with E-state index in [0.29, 0.717) is 5.56 Å². The van der Waals surface area contributed by atoms with E-state index in [1.165, 1.54) is 6.92 Å². The van der Waals surface area contributed by atoms with Crippen molar-refractivity contribution in [3.8, 4) is 0 Å². The second-order valence-corrected chi connectivity index (χ2v) is 6.47. The number of hydrogen-bond donors (Lipinski definition) is 1. The molecule has 156 valence electrons. The summed E-state index contributed by atoms with van der Waals surface area (Å²) in [5.41, 5.74) is 2.94. The normalized spacial score (nSPS) is 10.1. The lowest BCUT2D eigenvalue weighted by molar-refractivity contribution is -0.671. The van der Waals surface area contributed by atoms with E-state index in [1.807, 2.05) is 54.3 Å². The zero-order chi connectivity index (χ0) is 22.3. The average Bonchev–Trinajstić information content (AvgIpc) is 2.68. The number of aromatic nitrogens is 1. The van der Waals surface area contributed by atoms with Gasteiger partial charge in [0.15, 0.2) is 12.4 Å². The lowest BCUT2D eigenvalue weighted by Gasteiger charge is -1.94. The second-order valence-electron chi connectivity index (χ2n) is 5.29. The highest BCUT2D eigenvalue weighted by molar-refractivity contribution is 7.80. The van der Waals surface area contributed by atoms with Gasteiger partial charge in [0.05, 0.1) is 13.4 Å². The Morgan fingerprint density at radius 3 is 1.76 bits per heavy atom. The predicted octanol–water partition coefficient (Wildman–Crippen LogP) is 2.62. The molecule has 2 rings (SSSR count). The summed E-state index contributed by atoms with van der Waals surface area (Å²) >= 11 is 0. The van der Waals surface area contributed by atoms with Crippen LogP contribution in [0, 0.1) is 0 Å². The largest absolute Gasteiger partial charge is 0.435 e. The van der Waals surface area contributed by atoms with Crippen molar-refractivity contribution in [1.29, 1.82) is 0 Å². The van der Waals surface area contributed by atoms with Crippen LogP contribution in [0.5, 0.6) is 0 Å². The van der Waals surface area contributed by atoms with Crippen molar-refractivity contribution in [3.05, 3.63) is 78.3 Å². The number of nitrogens with zero attached hydrogens (tertiary/aromatic N) is 1. The molecule has 1 N–H and O–H groups in total. The van der Waals surface area contributed by atoms with E-state index < -0.39 is 10.4 Å². The third-order valence-corrected chi connectivity index (χ3v) is 3.43.